The van der Waals surface area contributed by atoms with E-state index < -0.39 is 18.8 Å². The zero-order valence-corrected chi connectivity index (χ0v) is 15.2. The highest BCUT2D eigenvalue weighted by Gasteiger charge is 2.20. The lowest BCUT2D eigenvalue weighted by Gasteiger charge is -2.23. The Bertz CT molecular complexity index is 732. The molecule has 0 unspecified atom stereocenters. The summed E-state index contributed by atoms with van der Waals surface area (Å²) in [5.74, 6) is 0.151. The maximum atomic E-state index is 13.4. The minimum Gasteiger partial charge on any atom is -0.491 e. The Kier molecular flexibility index (Phi) is 6.58. The molecular weight excluding hydrogens is 343 g/mol. The van der Waals surface area contributed by atoms with E-state index in [4.69, 9.17) is 10.5 Å². The molecule has 1 atom stereocenters. The summed E-state index contributed by atoms with van der Waals surface area (Å²) in [4.78, 5) is 7.87. The number of hydrogen-bond donors (Lipinski definition) is 1. The van der Waals surface area contributed by atoms with Crippen molar-refractivity contribution in [3.8, 4) is 17.0 Å². The molecule has 0 fully saturated rings. The van der Waals surface area contributed by atoms with E-state index in [1.165, 1.54) is 18.3 Å². The molecule has 0 radical (unpaired) electrons. The van der Waals surface area contributed by atoms with Crippen molar-refractivity contribution < 1.29 is 17.9 Å². The SMILES string of the molecule is C[C@H](COc1ccc(-c2ccnc(CF)c2)nc1C(F)F)CC(C)(C)N. The van der Waals surface area contributed by atoms with Gasteiger partial charge in [0.05, 0.1) is 18.0 Å². The van der Waals surface area contributed by atoms with Crippen LogP contribution in [0.3, 0.4) is 0 Å². The molecule has 2 aromatic rings. The fourth-order valence-electron chi connectivity index (χ4n) is 2.80. The highest BCUT2D eigenvalue weighted by atomic mass is 19.3. The molecular formula is C19H24F3N3O. The molecule has 2 N–H and O–H groups in total. The third-order valence-electron chi connectivity index (χ3n) is 3.74. The van der Waals surface area contributed by atoms with Gasteiger partial charge >= 0.3 is 0 Å². The van der Waals surface area contributed by atoms with Crippen molar-refractivity contribution >= 4 is 0 Å². The standard InChI is InChI=1S/C19H24F3N3O/c1-12(9-19(2,3)23)11-26-16-5-4-15(25-17(16)18(21)22)13-6-7-24-14(8-13)10-20/h4-8,12,18H,9-11,23H2,1-3H3/t12-/m0/s1. The van der Waals surface area contributed by atoms with E-state index in [1.54, 1.807) is 12.1 Å². The van der Waals surface area contributed by atoms with Crippen molar-refractivity contribution in [2.45, 2.75) is 45.8 Å². The first-order valence-electron chi connectivity index (χ1n) is 8.41. The molecule has 142 valence electrons. The molecule has 0 aliphatic heterocycles. The Balaban J connectivity index is 2.20. The molecule has 2 heterocycles. The Labute approximate surface area is 151 Å². The van der Waals surface area contributed by atoms with Gasteiger partial charge < -0.3 is 10.5 Å². The molecule has 0 amide bonds. The Morgan fingerprint density at radius 3 is 2.58 bits per heavy atom. The molecule has 0 aliphatic carbocycles. The van der Waals surface area contributed by atoms with Crippen LogP contribution in [0.25, 0.3) is 11.3 Å². The van der Waals surface area contributed by atoms with Crippen LogP contribution in [-0.2, 0) is 6.67 Å². The summed E-state index contributed by atoms with van der Waals surface area (Å²) >= 11 is 0. The maximum absolute atomic E-state index is 13.4. The normalized spacial score (nSPS) is 13.1. The predicted molar refractivity (Wildman–Crippen MR) is 94.8 cm³/mol. The molecule has 0 saturated carbocycles. The predicted octanol–water partition coefficient (Wildman–Crippen LogP) is 4.69. The Morgan fingerprint density at radius 2 is 1.96 bits per heavy atom. The van der Waals surface area contributed by atoms with Gasteiger partial charge in [-0.05, 0) is 50.5 Å². The van der Waals surface area contributed by atoms with Crippen LogP contribution in [0.15, 0.2) is 30.5 Å². The van der Waals surface area contributed by atoms with Crippen LogP contribution in [-0.4, -0.2) is 22.1 Å². The van der Waals surface area contributed by atoms with Gasteiger partial charge in [-0.25, -0.2) is 18.2 Å². The van der Waals surface area contributed by atoms with Crippen LogP contribution in [0.5, 0.6) is 5.75 Å². The number of rotatable bonds is 8. The van der Waals surface area contributed by atoms with Crippen molar-refractivity contribution in [2.75, 3.05) is 6.61 Å². The first kappa shape index (κ1) is 20.2. The second-order valence-electron chi connectivity index (χ2n) is 7.16. The minimum atomic E-state index is -2.78. The average Bonchev–Trinajstić information content (AvgIpc) is 2.58. The average molecular weight is 367 g/mol. The highest BCUT2D eigenvalue weighted by molar-refractivity contribution is 5.60. The number of aromatic nitrogens is 2. The van der Waals surface area contributed by atoms with Crippen molar-refractivity contribution in [3.63, 3.8) is 0 Å². The fourth-order valence-corrected chi connectivity index (χ4v) is 2.80. The van der Waals surface area contributed by atoms with Gasteiger partial charge in [-0.15, -0.1) is 0 Å². The third kappa shape index (κ3) is 5.69. The van der Waals surface area contributed by atoms with E-state index in [2.05, 4.69) is 9.97 Å². The summed E-state index contributed by atoms with van der Waals surface area (Å²) in [5.41, 5.74) is 6.26. The molecule has 0 aliphatic rings. The largest absolute Gasteiger partial charge is 0.491 e. The Morgan fingerprint density at radius 1 is 1.23 bits per heavy atom. The van der Waals surface area contributed by atoms with Crippen molar-refractivity contribution in [2.24, 2.45) is 11.7 Å². The topological polar surface area (TPSA) is 61.0 Å². The fraction of sp³-hybridized carbons (Fsp3) is 0.474. The number of ether oxygens (including phenoxy) is 1. The first-order valence-corrected chi connectivity index (χ1v) is 8.41. The number of nitrogens with two attached hydrogens (primary N) is 1. The zero-order chi connectivity index (χ0) is 19.3. The second kappa shape index (κ2) is 8.49. The maximum Gasteiger partial charge on any atom is 0.284 e. The van der Waals surface area contributed by atoms with E-state index in [0.29, 0.717) is 17.7 Å². The van der Waals surface area contributed by atoms with Crippen molar-refractivity contribution in [1.82, 2.24) is 9.97 Å². The van der Waals surface area contributed by atoms with Crippen LogP contribution < -0.4 is 10.5 Å². The molecule has 0 saturated heterocycles. The third-order valence-corrected chi connectivity index (χ3v) is 3.74. The van der Waals surface area contributed by atoms with Crippen LogP contribution >= 0.6 is 0 Å². The number of pyridine rings is 2. The molecule has 0 aromatic carbocycles. The number of nitrogens with zero attached hydrogens (tertiary/aromatic N) is 2. The van der Waals surface area contributed by atoms with Crippen LogP contribution in [0, 0.1) is 5.92 Å². The van der Waals surface area contributed by atoms with Crippen molar-refractivity contribution in [3.05, 3.63) is 41.9 Å². The lowest BCUT2D eigenvalue weighted by Crippen LogP contribution is -2.35. The van der Waals surface area contributed by atoms with E-state index in [1.807, 2.05) is 20.8 Å². The van der Waals surface area contributed by atoms with Crippen molar-refractivity contribution in [1.29, 1.82) is 0 Å². The summed E-state index contributed by atoms with van der Waals surface area (Å²) in [7, 11) is 0. The molecule has 0 spiro atoms. The van der Waals surface area contributed by atoms with Gasteiger partial charge in [-0.3, -0.25) is 4.98 Å². The highest BCUT2D eigenvalue weighted by Crippen LogP contribution is 2.31. The van der Waals surface area contributed by atoms with E-state index in [0.717, 1.165) is 0 Å². The van der Waals surface area contributed by atoms with Gasteiger partial charge in [-0.2, -0.15) is 0 Å². The number of alkyl halides is 3. The lowest BCUT2D eigenvalue weighted by molar-refractivity contribution is 0.136. The zero-order valence-electron chi connectivity index (χ0n) is 15.2. The van der Waals surface area contributed by atoms with Crippen LogP contribution in [0.4, 0.5) is 13.2 Å². The van der Waals surface area contributed by atoms with Gasteiger partial charge in [0.2, 0.25) is 0 Å². The molecule has 0 bridgehead atoms. The Hall–Kier alpha value is -2.15. The van der Waals surface area contributed by atoms with Crippen LogP contribution in [0.2, 0.25) is 0 Å². The molecule has 26 heavy (non-hydrogen) atoms. The van der Waals surface area contributed by atoms with E-state index >= 15 is 0 Å². The molecule has 2 rings (SSSR count). The van der Waals surface area contributed by atoms with Gasteiger partial charge in [0.1, 0.15) is 18.1 Å². The molecule has 4 nitrogen and oxygen atoms in total. The second-order valence-corrected chi connectivity index (χ2v) is 7.16. The summed E-state index contributed by atoms with van der Waals surface area (Å²) in [5, 5.41) is 0. The van der Waals surface area contributed by atoms with E-state index in [9.17, 15) is 13.2 Å². The monoisotopic (exact) mass is 367 g/mol. The van der Waals surface area contributed by atoms with Gasteiger partial charge in [0.15, 0.2) is 0 Å². The summed E-state index contributed by atoms with van der Waals surface area (Å²) in [6.07, 6.45) is -0.658. The summed E-state index contributed by atoms with van der Waals surface area (Å²) in [6.45, 7) is 5.30. The first-order chi connectivity index (χ1) is 12.2. The van der Waals surface area contributed by atoms with Gasteiger partial charge in [0.25, 0.3) is 6.43 Å². The summed E-state index contributed by atoms with van der Waals surface area (Å²) in [6, 6.07) is 6.14. The summed E-state index contributed by atoms with van der Waals surface area (Å²) < 4.78 is 45.2. The molecule has 7 heteroatoms. The quantitative estimate of drug-likeness (QED) is 0.735. The van der Waals surface area contributed by atoms with E-state index in [-0.39, 0.29) is 29.5 Å². The lowest BCUT2D eigenvalue weighted by atomic mass is 9.93. The van der Waals surface area contributed by atoms with Gasteiger partial charge in [0, 0.05) is 17.3 Å². The minimum absolute atomic E-state index is 0.0465. The van der Waals surface area contributed by atoms with Crippen LogP contribution in [0.1, 0.15) is 45.0 Å². The molecule has 2 aromatic heterocycles. The van der Waals surface area contributed by atoms with Gasteiger partial charge in [-0.1, -0.05) is 6.92 Å². The smallest absolute Gasteiger partial charge is 0.284 e. The number of hydrogen-bond acceptors (Lipinski definition) is 4. The number of halogens is 3.